The molecule has 202 valence electrons. The molecular formula is C29H29ClN4O4S. The Morgan fingerprint density at radius 1 is 1.13 bits per heavy atom. The Balaban J connectivity index is 1.45. The number of nitrogens with two attached hydrogens (primary N) is 1. The second-order valence-corrected chi connectivity index (χ2v) is 12.0. The molecule has 0 spiro atoms. The summed E-state index contributed by atoms with van der Waals surface area (Å²) in [6, 6.07) is 18.6. The lowest BCUT2D eigenvalue weighted by atomic mass is 10.0. The standard InChI is InChI=1S/C29H29ClN4O4S/c1-2-38-25-16-19(7-12-24(25)30)27(34-21-8-11-23-18(15-21)13-14-32-28(23)31)29(35)33-17-20-5-3-4-6-26(20)39(36,37)22-9-10-22/h3-8,11-16,22,27,34H,2,9-10,17H2,1H3,(H2,31,32)(H,33,35). The van der Waals surface area contributed by atoms with Crippen LogP contribution in [-0.2, 0) is 21.2 Å². The van der Waals surface area contributed by atoms with Gasteiger partial charge in [-0.25, -0.2) is 13.4 Å². The maximum absolute atomic E-state index is 13.7. The number of hydrogen-bond donors (Lipinski definition) is 3. The van der Waals surface area contributed by atoms with Crippen molar-refractivity contribution in [2.45, 2.75) is 42.5 Å². The number of amides is 1. The molecule has 1 amide bonds. The van der Waals surface area contributed by atoms with Crippen LogP contribution in [0.1, 0.15) is 36.9 Å². The predicted octanol–water partition coefficient (Wildman–Crippen LogP) is 5.27. The summed E-state index contributed by atoms with van der Waals surface area (Å²) in [7, 11) is -3.42. The summed E-state index contributed by atoms with van der Waals surface area (Å²) in [6.45, 7) is 2.33. The zero-order valence-electron chi connectivity index (χ0n) is 21.4. The zero-order valence-corrected chi connectivity index (χ0v) is 22.9. The van der Waals surface area contributed by atoms with Crippen LogP contribution in [0, 0.1) is 0 Å². The highest BCUT2D eigenvalue weighted by Crippen LogP contribution is 2.35. The van der Waals surface area contributed by atoms with Crippen LogP contribution >= 0.6 is 11.6 Å². The number of sulfone groups is 1. The molecule has 1 unspecified atom stereocenters. The van der Waals surface area contributed by atoms with Crippen molar-refractivity contribution in [3.05, 3.63) is 89.1 Å². The lowest BCUT2D eigenvalue weighted by Gasteiger charge is -2.22. The molecule has 1 heterocycles. The van der Waals surface area contributed by atoms with Crippen LogP contribution in [-0.4, -0.2) is 31.2 Å². The van der Waals surface area contributed by atoms with Crippen molar-refractivity contribution in [2.75, 3.05) is 17.7 Å². The number of nitrogens with zero attached hydrogens (tertiary/aromatic N) is 1. The topological polar surface area (TPSA) is 123 Å². The van der Waals surface area contributed by atoms with Crippen LogP contribution in [0.3, 0.4) is 0 Å². The van der Waals surface area contributed by atoms with Crippen LogP contribution in [0.2, 0.25) is 5.02 Å². The quantitative estimate of drug-likeness (QED) is 0.239. The summed E-state index contributed by atoms with van der Waals surface area (Å²) in [5, 5.41) is 8.02. The van der Waals surface area contributed by atoms with Gasteiger partial charge < -0.3 is 21.1 Å². The third-order valence-corrected chi connectivity index (χ3v) is 9.32. The van der Waals surface area contributed by atoms with E-state index in [-0.39, 0.29) is 22.6 Å². The van der Waals surface area contributed by atoms with E-state index in [1.807, 2.05) is 31.2 Å². The molecule has 10 heteroatoms. The Morgan fingerprint density at radius 2 is 1.92 bits per heavy atom. The number of hydrogen-bond acceptors (Lipinski definition) is 7. The van der Waals surface area contributed by atoms with Gasteiger partial charge in [0, 0.05) is 23.8 Å². The van der Waals surface area contributed by atoms with Crippen LogP contribution in [0.4, 0.5) is 11.5 Å². The molecule has 4 N–H and O–H groups in total. The summed E-state index contributed by atoms with van der Waals surface area (Å²) in [4.78, 5) is 18.1. The Kier molecular flexibility index (Phi) is 7.63. The molecular weight excluding hydrogens is 536 g/mol. The fourth-order valence-corrected chi connectivity index (χ4v) is 6.56. The molecule has 1 aromatic heterocycles. The number of nitrogen functional groups attached to an aromatic ring is 1. The maximum Gasteiger partial charge on any atom is 0.247 e. The molecule has 3 aromatic carbocycles. The molecule has 8 nitrogen and oxygen atoms in total. The van der Waals surface area contributed by atoms with E-state index in [0.29, 0.717) is 52.9 Å². The maximum atomic E-state index is 13.7. The highest BCUT2D eigenvalue weighted by Gasteiger charge is 2.38. The Bertz CT molecular complexity index is 1640. The molecule has 0 bridgehead atoms. The van der Waals surface area contributed by atoms with Crippen molar-refractivity contribution in [3.63, 3.8) is 0 Å². The largest absolute Gasteiger partial charge is 0.492 e. The Labute approximate surface area is 232 Å². The van der Waals surface area contributed by atoms with Gasteiger partial charge in [0.2, 0.25) is 5.91 Å². The highest BCUT2D eigenvalue weighted by atomic mass is 35.5. The first-order valence-corrected chi connectivity index (χ1v) is 14.6. The summed E-state index contributed by atoms with van der Waals surface area (Å²) < 4.78 is 31.6. The first-order chi connectivity index (χ1) is 18.8. The van der Waals surface area contributed by atoms with Crippen LogP contribution in [0.5, 0.6) is 5.75 Å². The summed E-state index contributed by atoms with van der Waals surface area (Å²) in [5.41, 5.74) is 7.88. The van der Waals surface area contributed by atoms with Gasteiger partial charge in [0.25, 0.3) is 0 Å². The number of ether oxygens (including phenoxy) is 1. The van der Waals surface area contributed by atoms with Gasteiger partial charge in [-0.1, -0.05) is 35.9 Å². The van der Waals surface area contributed by atoms with Crippen LogP contribution in [0.15, 0.2) is 77.8 Å². The van der Waals surface area contributed by atoms with Crippen molar-refractivity contribution in [1.29, 1.82) is 0 Å². The number of carbonyl (C=O) groups is 1. The van der Waals surface area contributed by atoms with Crippen molar-refractivity contribution in [1.82, 2.24) is 10.3 Å². The Hall–Kier alpha value is -3.82. The van der Waals surface area contributed by atoms with Gasteiger partial charge in [-0.05, 0) is 78.7 Å². The van der Waals surface area contributed by atoms with Gasteiger partial charge >= 0.3 is 0 Å². The van der Waals surface area contributed by atoms with Crippen LogP contribution in [0.25, 0.3) is 10.8 Å². The second kappa shape index (κ2) is 11.1. The number of benzene rings is 3. The molecule has 0 aliphatic heterocycles. The van der Waals surface area contributed by atoms with Crippen molar-refractivity contribution in [2.24, 2.45) is 0 Å². The minimum Gasteiger partial charge on any atom is -0.492 e. The van der Waals surface area contributed by atoms with Gasteiger partial charge in [0.15, 0.2) is 9.84 Å². The summed E-state index contributed by atoms with van der Waals surface area (Å²) >= 11 is 6.31. The average molecular weight is 565 g/mol. The number of pyridine rings is 1. The fourth-order valence-electron chi connectivity index (χ4n) is 4.49. The number of carbonyl (C=O) groups excluding carboxylic acids is 1. The van der Waals surface area contributed by atoms with E-state index in [9.17, 15) is 13.2 Å². The molecule has 4 aromatic rings. The molecule has 5 rings (SSSR count). The first kappa shape index (κ1) is 26.8. The van der Waals surface area contributed by atoms with Gasteiger partial charge in [0.05, 0.1) is 21.8 Å². The minimum absolute atomic E-state index is 0.0605. The molecule has 1 aliphatic rings. The zero-order chi connectivity index (χ0) is 27.6. The van der Waals surface area contributed by atoms with Crippen molar-refractivity contribution < 1.29 is 17.9 Å². The first-order valence-electron chi connectivity index (χ1n) is 12.7. The third kappa shape index (κ3) is 5.79. The number of nitrogens with one attached hydrogen (secondary N) is 2. The van der Waals surface area contributed by atoms with E-state index < -0.39 is 15.9 Å². The number of anilines is 2. The monoisotopic (exact) mass is 564 g/mol. The lowest BCUT2D eigenvalue weighted by Crippen LogP contribution is -2.33. The lowest BCUT2D eigenvalue weighted by molar-refractivity contribution is -0.122. The van der Waals surface area contributed by atoms with Crippen molar-refractivity contribution >= 4 is 49.6 Å². The average Bonchev–Trinajstić information content (AvgIpc) is 3.79. The highest BCUT2D eigenvalue weighted by molar-refractivity contribution is 7.92. The van der Waals surface area contributed by atoms with Gasteiger partial charge in [-0.3, -0.25) is 4.79 Å². The van der Waals surface area contributed by atoms with Crippen molar-refractivity contribution in [3.8, 4) is 5.75 Å². The Morgan fingerprint density at radius 3 is 2.69 bits per heavy atom. The molecule has 1 atom stereocenters. The molecule has 1 aliphatic carbocycles. The smallest absolute Gasteiger partial charge is 0.247 e. The number of fused-ring (bicyclic) bond motifs is 1. The SMILES string of the molecule is CCOc1cc(C(Nc2ccc3c(N)nccc3c2)C(=O)NCc2ccccc2S(=O)(=O)C2CC2)ccc1Cl. The number of aromatic nitrogens is 1. The third-order valence-electron chi connectivity index (χ3n) is 6.65. The summed E-state index contributed by atoms with van der Waals surface area (Å²) in [6.07, 6.45) is 2.97. The molecule has 39 heavy (non-hydrogen) atoms. The second-order valence-electron chi connectivity index (χ2n) is 9.40. The van der Waals surface area contributed by atoms with Crippen LogP contribution < -0.4 is 21.1 Å². The fraction of sp³-hybridized carbons (Fsp3) is 0.241. The van der Waals surface area contributed by atoms with E-state index in [4.69, 9.17) is 22.1 Å². The normalized spacial score (nSPS) is 14.1. The van der Waals surface area contributed by atoms with Gasteiger partial charge in [-0.2, -0.15) is 0 Å². The summed E-state index contributed by atoms with van der Waals surface area (Å²) in [5.74, 6) is 0.550. The van der Waals surface area contributed by atoms with E-state index >= 15 is 0 Å². The van der Waals surface area contributed by atoms with E-state index in [1.165, 1.54) is 0 Å². The van der Waals surface area contributed by atoms with Gasteiger partial charge in [0.1, 0.15) is 17.6 Å². The molecule has 0 radical (unpaired) electrons. The van der Waals surface area contributed by atoms with E-state index in [1.54, 1.807) is 48.7 Å². The number of rotatable bonds is 10. The minimum atomic E-state index is -3.42. The van der Waals surface area contributed by atoms with E-state index in [0.717, 1.165) is 10.8 Å². The van der Waals surface area contributed by atoms with E-state index in [2.05, 4.69) is 15.6 Å². The number of halogens is 1. The van der Waals surface area contributed by atoms with Gasteiger partial charge in [-0.15, -0.1) is 0 Å². The predicted molar refractivity (Wildman–Crippen MR) is 154 cm³/mol. The molecule has 0 saturated heterocycles. The molecule has 1 fully saturated rings. The molecule has 1 saturated carbocycles.